The van der Waals surface area contributed by atoms with E-state index in [4.69, 9.17) is 11.6 Å². The number of fused-ring (bicyclic) bond motifs is 1. The molecule has 0 saturated carbocycles. The Hall–Kier alpha value is -2.95. The third kappa shape index (κ3) is 4.01. The van der Waals surface area contributed by atoms with E-state index in [0.717, 1.165) is 11.1 Å². The first-order valence-electron chi connectivity index (χ1n) is 10.3. The monoisotopic (exact) mass is 433 g/mol. The Balaban J connectivity index is 1.64. The van der Waals surface area contributed by atoms with Crippen molar-refractivity contribution in [2.45, 2.75) is 38.3 Å². The first-order valence-corrected chi connectivity index (χ1v) is 10.7. The lowest BCUT2D eigenvalue weighted by Crippen LogP contribution is -2.41. The summed E-state index contributed by atoms with van der Waals surface area (Å²) in [5.41, 5.74) is 1.62. The fraction of sp³-hybridized carbons (Fsp3) is 0.231. The van der Waals surface area contributed by atoms with Gasteiger partial charge in [0, 0.05) is 16.1 Å². The number of nitrogens with zero attached hydrogens (tertiary/aromatic N) is 1. The summed E-state index contributed by atoms with van der Waals surface area (Å²) in [6, 6.07) is 21.7. The molecule has 0 radical (unpaired) electrons. The Bertz CT molecular complexity index is 1140. The summed E-state index contributed by atoms with van der Waals surface area (Å²) in [5.74, 6) is -0.414. The summed E-state index contributed by atoms with van der Waals surface area (Å²) in [7, 11) is 0. The van der Waals surface area contributed by atoms with Gasteiger partial charge in [0.2, 0.25) is 0 Å². The Morgan fingerprint density at radius 3 is 2.42 bits per heavy atom. The largest absolute Gasteiger partial charge is 0.375 e. The van der Waals surface area contributed by atoms with Gasteiger partial charge < -0.3 is 10.0 Å². The molecular formula is C26H24ClNO3. The lowest BCUT2D eigenvalue weighted by molar-refractivity contribution is -0.136. The zero-order valence-corrected chi connectivity index (χ0v) is 18.3. The molecule has 3 aromatic carbocycles. The van der Waals surface area contributed by atoms with Crippen molar-refractivity contribution >= 4 is 29.0 Å². The van der Waals surface area contributed by atoms with Crippen LogP contribution in [0.3, 0.4) is 0 Å². The number of hydrogen-bond acceptors (Lipinski definition) is 3. The van der Waals surface area contributed by atoms with Crippen LogP contribution in [0.15, 0.2) is 72.8 Å². The maximum absolute atomic E-state index is 13.4. The van der Waals surface area contributed by atoms with Crippen molar-refractivity contribution in [3.63, 3.8) is 0 Å². The van der Waals surface area contributed by atoms with Crippen molar-refractivity contribution in [2.75, 3.05) is 4.90 Å². The first-order chi connectivity index (χ1) is 14.8. The van der Waals surface area contributed by atoms with Gasteiger partial charge in [0.1, 0.15) is 0 Å². The van der Waals surface area contributed by atoms with Gasteiger partial charge in [0.15, 0.2) is 11.4 Å². The highest BCUT2D eigenvalue weighted by molar-refractivity contribution is 6.30. The average Bonchev–Trinajstić information content (AvgIpc) is 2.96. The summed E-state index contributed by atoms with van der Waals surface area (Å²) < 4.78 is 0. The predicted octanol–water partition coefficient (Wildman–Crippen LogP) is 5.47. The second-order valence-corrected chi connectivity index (χ2v) is 8.71. The van der Waals surface area contributed by atoms with Crippen molar-refractivity contribution < 1.29 is 14.7 Å². The zero-order chi connectivity index (χ0) is 22.2. The van der Waals surface area contributed by atoms with Crippen molar-refractivity contribution in [1.29, 1.82) is 0 Å². The molecule has 1 N–H and O–H groups in total. The first kappa shape index (κ1) is 21.3. The second kappa shape index (κ2) is 8.29. The minimum Gasteiger partial charge on any atom is -0.375 e. The van der Waals surface area contributed by atoms with Crippen molar-refractivity contribution in [2.24, 2.45) is 0 Å². The highest BCUT2D eigenvalue weighted by atomic mass is 35.5. The van der Waals surface area contributed by atoms with Gasteiger partial charge in [-0.3, -0.25) is 9.59 Å². The lowest BCUT2D eigenvalue weighted by atomic mass is 9.87. The van der Waals surface area contributed by atoms with E-state index in [-0.39, 0.29) is 18.7 Å². The van der Waals surface area contributed by atoms with Gasteiger partial charge in [-0.1, -0.05) is 80.0 Å². The van der Waals surface area contributed by atoms with Crippen LogP contribution in [0, 0.1) is 0 Å². The van der Waals surface area contributed by atoms with Crippen molar-refractivity contribution in [1.82, 2.24) is 0 Å². The Kier molecular flexibility index (Phi) is 5.69. The van der Waals surface area contributed by atoms with E-state index in [0.29, 0.717) is 27.8 Å². The van der Waals surface area contributed by atoms with Crippen LogP contribution in [0.1, 0.15) is 53.2 Å². The molecule has 0 aliphatic carbocycles. The number of rotatable bonds is 6. The summed E-state index contributed by atoms with van der Waals surface area (Å²) in [6.45, 7) is 4.43. The molecule has 1 unspecified atom stereocenters. The molecule has 1 aliphatic rings. The molecule has 0 spiro atoms. The summed E-state index contributed by atoms with van der Waals surface area (Å²) >= 11 is 6.09. The highest BCUT2D eigenvalue weighted by Gasteiger charge is 2.50. The van der Waals surface area contributed by atoms with Crippen LogP contribution in [0.2, 0.25) is 5.02 Å². The molecule has 1 amide bonds. The third-order valence-corrected chi connectivity index (χ3v) is 6.02. The van der Waals surface area contributed by atoms with E-state index in [9.17, 15) is 14.7 Å². The Labute approximate surface area is 187 Å². The number of para-hydroxylation sites is 1. The molecule has 1 atom stereocenters. The normalized spacial score (nSPS) is 17.8. The number of ketones is 1. The summed E-state index contributed by atoms with van der Waals surface area (Å²) in [5, 5.41) is 12.0. The minimum atomic E-state index is -1.90. The van der Waals surface area contributed by atoms with Gasteiger partial charge >= 0.3 is 0 Å². The van der Waals surface area contributed by atoms with E-state index in [1.807, 2.05) is 30.3 Å². The van der Waals surface area contributed by atoms with Crippen molar-refractivity contribution in [3.8, 4) is 0 Å². The number of carbonyl (C=O) groups excluding carboxylic acids is 2. The molecule has 158 valence electrons. The Morgan fingerprint density at radius 1 is 1.03 bits per heavy atom. The molecular weight excluding hydrogens is 410 g/mol. The molecule has 4 nitrogen and oxygen atoms in total. The minimum absolute atomic E-state index is 0.260. The summed E-state index contributed by atoms with van der Waals surface area (Å²) in [4.78, 5) is 27.9. The number of anilines is 1. The topological polar surface area (TPSA) is 57.6 Å². The smallest absolute Gasteiger partial charge is 0.264 e. The Morgan fingerprint density at radius 2 is 1.74 bits per heavy atom. The van der Waals surface area contributed by atoms with E-state index >= 15 is 0 Å². The highest BCUT2D eigenvalue weighted by Crippen LogP contribution is 2.43. The molecule has 0 aromatic heterocycles. The molecule has 3 aromatic rings. The van der Waals surface area contributed by atoms with E-state index < -0.39 is 11.5 Å². The van der Waals surface area contributed by atoms with E-state index in [1.54, 1.807) is 42.5 Å². The third-order valence-electron chi connectivity index (χ3n) is 5.78. The molecule has 0 saturated heterocycles. The van der Waals surface area contributed by atoms with Crippen LogP contribution >= 0.6 is 11.6 Å². The van der Waals surface area contributed by atoms with Gasteiger partial charge in [-0.25, -0.2) is 0 Å². The number of Topliss-reactive ketones (excluding diaryl/α,β-unsaturated/α-hetero) is 1. The quantitative estimate of drug-likeness (QED) is 0.524. The van der Waals surface area contributed by atoms with Crippen LogP contribution in [0.5, 0.6) is 0 Å². The standard InChI is InChI=1S/C26H24ClNO3/c1-17(2)19-10-12-20(13-11-19)24(29)15-26(31)22-8-3-4-9-23(22)28(25(26)30)16-18-6-5-7-21(27)14-18/h3-14,17,31H,15-16H2,1-2H3. The number of halogens is 1. The van der Waals surface area contributed by atoms with Crippen LogP contribution in [-0.2, 0) is 16.9 Å². The van der Waals surface area contributed by atoms with Crippen molar-refractivity contribution in [3.05, 3.63) is 100 Å². The number of carbonyl (C=O) groups is 2. The molecule has 1 aliphatic heterocycles. The number of amides is 1. The fourth-order valence-electron chi connectivity index (χ4n) is 4.04. The molecule has 31 heavy (non-hydrogen) atoms. The number of aliphatic hydroxyl groups is 1. The van der Waals surface area contributed by atoms with Crippen LogP contribution in [-0.4, -0.2) is 16.8 Å². The molecule has 0 bridgehead atoms. The van der Waals surface area contributed by atoms with Gasteiger partial charge in [0.05, 0.1) is 18.7 Å². The maximum atomic E-state index is 13.4. The van der Waals surface area contributed by atoms with Gasteiger partial charge in [-0.15, -0.1) is 0 Å². The lowest BCUT2D eigenvalue weighted by Gasteiger charge is -2.23. The van der Waals surface area contributed by atoms with E-state index in [1.165, 1.54) is 4.90 Å². The fourth-order valence-corrected chi connectivity index (χ4v) is 4.25. The maximum Gasteiger partial charge on any atom is 0.264 e. The van der Waals surface area contributed by atoms with Crippen LogP contribution in [0.25, 0.3) is 0 Å². The average molecular weight is 434 g/mol. The number of benzene rings is 3. The second-order valence-electron chi connectivity index (χ2n) is 8.28. The van der Waals surface area contributed by atoms with Gasteiger partial charge in [-0.05, 0) is 35.2 Å². The zero-order valence-electron chi connectivity index (χ0n) is 17.5. The van der Waals surface area contributed by atoms with Crippen LogP contribution in [0.4, 0.5) is 5.69 Å². The molecule has 5 heteroatoms. The van der Waals surface area contributed by atoms with Crippen LogP contribution < -0.4 is 4.90 Å². The number of hydrogen-bond donors (Lipinski definition) is 1. The molecule has 0 fully saturated rings. The van der Waals surface area contributed by atoms with Gasteiger partial charge in [0.25, 0.3) is 5.91 Å². The predicted molar refractivity (Wildman–Crippen MR) is 122 cm³/mol. The SMILES string of the molecule is CC(C)c1ccc(C(=O)CC2(O)C(=O)N(Cc3cccc(Cl)c3)c3ccccc32)cc1. The van der Waals surface area contributed by atoms with E-state index in [2.05, 4.69) is 13.8 Å². The molecule has 1 heterocycles. The summed E-state index contributed by atoms with van der Waals surface area (Å²) in [6.07, 6.45) is -0.310. The molecule has 4 rings (SSSR count). The van der Waals surface area contributed by atoms with Gasteiger partial charge in [-0.2, -0.15) is 0 Å².